The highest BCUT2D eigenvalue weighted by molar-refractivity contribution is 6.51. The second kappa shape index (κ2) is 8.66. The SMILES string of the molecule is CCCOc1ccc(C(O)=C2C(=O)C(=O)N(c3cc(C)on3)C2c2ccc(F)cc2)cc1. The number of carbonyl (C=O) groups is 2. The van der Waals surface area contributed by atoms with Crippen LogP contribution in [0.15, 0.2) is 64.7 Å². The Morgan fingerprint density at radius 2 is 1.84 bits per heavy atom. The molecule has 2 aromatic carbocycles. The number of nitrogens with zero attached hydrogens (tertiary/aromatic N) is 2. The fraction of sp³-hybridized carbons (Fsp3) is 0.208. The van der Waals surface area contributed by atoms with Crippen LogP contribution >= 0.6 is 0 Å². The van der Waals surface area contributed by atoms with E-state index in [1.807, 2.05) is 6.92 Å². The zero-order valence-corrected chi connectivity index (χ0v) is 17.5. The van der Waals surface area contributed by atoms with E-state index >= 15 is 0 Å². The van der Waals surface area contributed by atoms with Crippen LogP contribution < -0.4 is 9.64 Å². The van der Waals surface area contributed by atoms with Crippen molar-refractivity contribution >= 4 is 23.3 Å². The minimum atomic E-state index is -1.00. The second-order valence-corrected chi connectivity index (χ2v) is 7.39. The molecule has 8 heteroatoms. The average molecular weight is 436 g/mol. The predicted octanol–water partition coefficient (Wildman–Crippen LogP) is 4.54. The second-order valence-electron chi connectivity index (χ2n) is 7.39. The van der Waals surface area contributed by atoms with Crippen molar-refractivity contribution in [3.63, 3.8) is 0 Å². The summed E-state index contributed by atoms with van der Waals surface area (Å²) < 4.78 is 24.2. The molecule has 1 saturated heterocycles. The van der Waals surface area contributed by atoms with Crippen LogP contribution in [0, 0.1) is 12.7 Å². The Morgan fingerprint density at radius 1 is 1.16 bits per heavy atom. The van der Waals surface area contributed by atoms with Gasteiger partial charge in [-0.15, -0.1) is 0 Å². The summed E-state index contributed by atoms with van der Waals surface area (Å²) in [5.41, 5.74) is 0.662. The summed E-state index contributed by atoms with van der Waals surface area (Å²) in [6, 6.07) is 12.4. The van der Waals surface area contributed by atoms with Gasteiger partial charge in [-0.05, 0) is 55.3 Å². The van der Waals surface area contributed by atoms with Gasteiger partial charge in [-0.1, -0.05) is 24.2 Å². The number of hydrogen-bond acceptors (Lipinski definition) is 6. The number of amides is 1. The molecule has 1 N–H and O–H groups in total. The summed E-state index contributed by atoms with van der Waals surface area (Å²) in [5, 5.41) is 14.9. The van der Waals surface area contributed by atoms with Crippen molar-refractivity contribution < 1.29 is 28.3 Å². The Balaban J connectivity index is 1.83. The maximum atomic E-state index is 13.5. The zero-order valence-electron chi connectivity index (χ0n) is 17.5. The smallest absolute Gasteiger partial charge is 0.301 e. The van der Waals surface area contributed by atoms with Crippen molar-refractivity contribution in [3.05, 3.63) is 82.9 Å². The molecule has 1 atom stereocenters. The normalized spacial score (nSPS) is 17.7. The van der Waals surface area contributed by atoms with E-state index in [0.29, 0.717) is 29.2 Å². The summed E-state index contributed by atoms with van der Waals surface area (Å²) in [6.07, 6.45) is 0.852. The molecule has 1 aliphatic heterocycles. The molecular weight excluding hydrogens is 415 g/mol. The van der Waals surface area contributed by atoms with Crippen LogP contribution in [0.5, 0.6) is 5.75 Å². The number of aliphatic hydroxyl groups is 1. The third-order valence-electron chi connectivity index (χ3n) is 5.09. The zero-order chi connectivity index (χ0) is 22.8. The van der Waals surface area contributed by atoms with Gasteiger partial charge in [-0.3, -0.25) is 14.5 Å². The quantitative estimate of drug-likeness (QED) is 0.347. The molecule has 0 saturated carbocycles. The predicted molar refractivity (Wildman–Crippen MR) is 115 cm³/mol. The number of aryl methyl sites for hydroxylation is 1. The highest BCUT2D eigenvalue weighted by atomic mass is 19.1. The molecule has 1 aliphatic rings. The van der Waals surface area contributed by atoms with Crippen LogP contribution in [-0.4, -0.2) is 28.6 Å². The number of rotatable bonds is 6. The van der Waals surface area contributed by atoms with Crippen molar-refractivity contribution in [1.82, 2.24) is 5.16 Å². The molecule has 3 aromatic rings. The van der Waals surface area contributed by atoms with Crippen molar-refractivity contribution in [2.45, 2.75) is 26.3 Å². The van der Waals surface area contributed by atoms with Gasteiger partial charge in [0.1, 0.15) is 23.1 Å². The van der Waals surface area contributed by atoms with E-state index in [1.54, 1.807) is 31.2 Å². The van der Waals surface area contributed by atoms with Crippen LogP contribution in [-0.2, 0) is 9.59 Å². The van der Waals surface area contributed by atoms with Gasteiger partial charge in [-0.2, -0.15) is 0 Å². The molecule has 2 heterocycles. The van der Waals surface area contributed by atoms with Crippen molar-refractivity contribution in [2.24, 2.45) is 0 Å². The lowest BCUT2D eigenvalue weighted by atomic mass is 9.95. The third kappa shape index (κ3) is 3.87. The number of benzene rings is 2. The fourth-order valence-corrected chi connectivity index (χ4v) is 3.58. The van der Waals surface area contributed by atoms with E-state index in [2.05, 4.69) is 5.16 Å². The molecule has 0 bridgehead atoms. The number of carbonyl (C=O) groups excluding carboxylic acids is 2. The monoisotopic (exact) mass is 436 g/mol. The fourth-order valence-electron chi connectivity index (χ4n) is 3.58. The molecule has 0 aliphatic carbocycles. The molecule has 1 fully saturated rings. The summed E-state index contributed by atoms with van der Waals surface area (Å²) in [5.74, 6) is -1.35. The van der Waals surface area contributed by atoms with E-state index < -0.39 is 23.5 Å². The molecule has 1 amide bonds. The number of Topliss-reactive ketones (excluding diaryl/α,β-unsaturated/α-hetero) is 1. The first-order valence-electron chi connectivity index (χ1n) is 10.1. The molecule has 32 heavy (non-hydrogen) atoms. The van der Waals surface area contributed by atoms with Crippen molar-refractivity contribution in [2.75, 3.05) is 11.5 Å². The van der Waals surface area contributed by atoms with Gasteiger partial charge < -0.3 is 14.4 Å². The molecule has 4 rings (SSSR count). The molecule has 7 nitrogen and oxygen atoms in total. The lowest BCUT2D eigenvalue weighted by molar-refractivity contribution is -0.132. The maximum absolute atomic E-state index is 13.5. The van der Waals surface area contributed by atoms with Gasteiger partial charge in [0.25, 0.3) is 5.78 Å². The Kier molecular flexibility index (Phi) is 5.77. The van der Waals surface area contributed by atoms with Crippen molar-refractivity contribution in [1.29, 1.82) is 0 Å². The van der Waals surface area contributed by atoms with Crippen LogP contribution in [0.2, 0.25) is 0 Å². The van der Waals surface area contributed by atoms with Gasteiger partial charge in [0.2, 0.25) is 0 Å². The summed E-state index contributed by atoms with van der Waals surface area (Å²) in [4.78, 5) is 27.1. The van der Waals surface area contributed by atoms with E-state index in [0.717, 1.165) is 11.3 Å². The number of ether oxygens (including phenoxy) is 1. The summed E-state index contributed by atoms with van der Waals surface area (Å²) in [6.45, 7) is 4.20. The summed E-state index contributed by atoms with van der Waals surface area (Å²) in [7, 11) is 0. The summed E-state index contributed by atoms with van der Waals surface area (Å²) >= 11 is 0. The Bertz CT molecular complexity index is 1180. The Labute approximate surface area is 183 Å². The van der Waals surface area contributed by atoms with Crippen LogP contribution in [0.3, 0.4) is 0 Å². The highest BCUT2D eigenvalue weighted by Crippen LogP contribution is 2.42. The van der Waals surface area contributed by atoms with Crippen LogP contribution in [0.4, 0.5) is 10.2 Å². The first-order valence-corrected chi connectivity index (χ1v) is 10.1. The first kappa shape index (κ1) is 21.3. The van der Waals surface area contributed by atoms with E-state index in [9.17, 15) is 19.1 Å². The number of anilines is 1. The standard InChI is InChI=1S/C24H21FN2O5/c1-3-12-31-18-10-6-16(7-11-18)22(28)20-21(15-4-8-17(25)9-5-15)27(24(30)23(20)29)19-13-14(2)32-26-19/h4-11,13,21,28H,3,12H2,1-2H3. The van der Waals surface area contributed by atoms with Crippen LogP contribution in [0.1, 0.15) is 36.3 Å². The molecule has 1 aromatic heterocycles. The van der Waals surface area contributed by atoms with Gasteiger partial charge in [0, 0.05) is 11.6 Å². The number of hydrogen-bond donors (Lipinski definition) is 1. The van der Waals surface area contributed by atoms with Gasteiger partial charge >= 0.3 is 5.91 Å². The van der Waals surface area contributed by atoms with Gasteiger partial charge in [0.05, 0.1) is 18.2 Å². The van der Waals surface area contributed by atoms with Gasteiger partial charge in [0.15, 0.2) is 5.82 Å². The number of aliphatic hydroxyl groups excluding tert-OH is 1. The molecule has 164 valence electrons. The van der Waals surface area contributed by atoms with Crippen molar-refractivity contribution in [3.8, 4) is 5.75 Å². The highest BCUT2D eigenvalue weighted by Gasteiger charge is 2.48. The first-order chi connectivity index (χ1) is 15.4. The lowest BCUT2D eigenvalue weighted by Crippen LogP contribution is -2.29. The number of ketones is 1. The Hall–Kier alpha value is -3.94. The number of aromatic nitrogens is 1. The number of halogens is 1. The maximum Gasteiger partial charge on any atom is 0.301 e. The third-order valence-corrected chi connectivity index (χ3v) is 5.09. The van der Waals surface area contributed by atoms with Gasteiger partial charge in [-0.25, -0.2) is 4.39 Å². The van der Waals surface area contributed by atoms with Crippen LogP contribution in [0.25, 0.3) is 5.76 Å². The molecule has 0 radical (unpaired) electrons. The lowest BCUT2D eigenvalue weighted by Gasteiger charge is -2.22. The topological polar surface area (TPSA) is 92.9 Å². The molecular formula is C24H21FN2O5. The van der Waals surface area contributed by atoms with E-state index in [-0.39, 0.29) is 17.2 Å². The largest absolute Gasteiger partial charge is 0.507 e. The molecule has 0 spiro atoms. The minimum absolute atomic E-state index is 0.121. The van der Waals surface area contributed by atoms with E-state index in [1.165, 1.54) is 30.3 Å². The minimum Gasteiger partial charge on any atom is -0.507 e. The Morgan fingerprint density at radius 3 is 2.44 bits per heavy atom. The average Bonchev–Trinajstić information content (AvgIpc) is 3.33. The molecule has 1 unspecified atom stereocenters. The van der Waals surface area contributed by atoms with E-state index in [4.69, 9.17) is 9.26 Å².